The van der Waals surface area contributed by atoms with Gasteiger partial charge in [-0.2, -0.15) is 0 Å². The summed E-state index contributed by atoms with van der Waals surface area (Å²) in [7, 11) is 0. The van der Waals surface area contributed by atoms with Crippen LogP contribution < -0.4 is 5.32 Å². The van der Waals surface area contributed by atoms with E-state index in [1.165, 1.54) is 0 Å². The van der Waals surface area contributed by atoms with Crippen LogP contribution in [0.4, 0.5) is 5.82 Å². The minimum Gasteiger partial charge on any atom is -0.478 e. The summed E-state index contributed by atoms with van der Waals surface area (Å²) in [6.07, 6.45) is 2.15. The SMILES string of the molecule is Cc1ccc(C(=O)O)c(NCCCC(C)C)n1. The normalized spacial score (nSPS) is 10.6. The third kappa shape index (κ3) is 4.43. The topological polar surface area (TPSA) is 62.2 Å². The van der Waals surface area contributed by atoms with Crippen LogP contribution >= 0.6 is 0 Å². The fraction of sp³-hybridized carbons (Fsp3) is 0.538. The molecule has 0 spiro atoms. The molecule has 1 heterocycles. The molecule has 94 valence electrons. The number of pyridine rings is 1. The molecule has 0 saturated carbocycles. The lowest BCUT2D eigenvalue weighted by atomic mass is 10.1. The molecule has 0 fully saturated rings. The van der Waals surface area contributed by atoms with Gasteiger partial charge in [0.1, 0.15) is 11.4 Å². The zero-order chi connectivity index (χ0) is 12.8. The molecular weight excluding hydrogens is 216 g/mol. The molecule has 2 N–H and O–H groups in total. The number of anilines is 1. The molecule has 0 aliphatic heterocycles. The predicted octanol–water partition coefficient (Wildman–Crippen LogP) is 2.94. The van der Waals surface area contributed by atoms with Crippen LogP contribution in [0.5, 0.6) is 0 Å². The van der Waals surface area contributed by atoms with Crippen molar-refractivity contribution < 1.29 is 9.90 Å². The van der Waals surface area contributed by atoms with Crippen molar-refractivity contribution in [2.75, 3.05) is 11.9 Å². The second kappa shape index (κ2) is 6.23. The van der Waals surface area contributed by atoms with Crippen molar-refractivity contribution in [1.82, 2.24) is 4.98 Å². The number of aryl methyl sites for hydroxylation is 1. The van der Waals surface area contributed by atoms with Crippen LogP contribution in [0.1, 0.15) is 42.7 Å². The van der Waals surface area contributed by atoms with Crippen molar-refractivity contribution in [1.29, 1.82) is 0 Å². The molecule has 0 atom stereocenters. The largest absolute Gasteiger partial charge is 0.478 e. The highest BCUT2D eigenvalue weighted by Crippen LogP contribution is 2.14. The average Bonchev–Trinajstić information content (AvgIpc) is 2.23. The van der Waals surface area contributed by atoms with Gasteiger partial charge < -0.3 is 10.4 Å². The highest BCUT2D eigenvalue weighted by molar-refractivity contribution is 5.93. The van der Waals surface area contributed by atoms with Gasteiger partial charge in [-0.05, 0) is 37.8 Å². The summed E-state index contributed by atoms with van der Waals surface area (Å²) in [4.78, 5) is 15.2. The molecule has 0 aromatic carbocycles. The molecule has 17 heavy (non-hydrogen) atoms. The molecule has 0 aliphatic rings. The minimum atomic E-state index is -0.941. The average molecular weight is 236 g/mol. The number of nitrogens with zero attached hydrogens (tertiary/aromatic N) is 1. The Labute approximate surface area is 102 Å². The van der Waals surface area contributed by atoms with E-state index in [2.05, 4.69) is 24.1 Å². The van der Waals surface area contributed by atoms with Gasteiger partial charge in [-0.1, -0.05) is 13.8 Å². The summed E-state index contributed by atoms with van der Waals surface area (Å²) in [5.41, 5.74) is 1.06. The number of carbonyl (C=O) groups is 1. The Morgan fingerprint density at radius 1 is 1.47 bits per heavy atom. The first-order chi connectivity index (χ1) is 8.00. The number of carboxylic acid groups (broad SMARTS) is 1. The molecule has 4 heteroatoms. The van der Waals surface area contributed by atoms with E-state index in [-0.39, 0.29) is 5.56 Å². The maximum absolute atomic E-state index is 11.0. The summed E-state index contributed by atoms with van der Waals surface area (Å²) in [5, 5.41) is 12.1. The maximum atomic E-state index is 11.0. The number of hydrogen-bond donors (Lipinski definition) is 2. The molecule has 0 amide bonds. The lowest BCUT2D eigenvalue weighted by molar-refractivity contribution is 0.0697. The van der Waals surface area contributed by atoms with Gasteiger partial charge in [-0.3, -0.25) is 0 Å². The Kier molecular flexibility index (Phi) is 4.94. The lowest BCUT2D eigenvalue weighted by Gasteiger charge is -2.10. The highest BCUT2D eigenvalue weighted by atomic mass is 16.4. The molecule has 0 unspecified atom stereocenters. The first-order valence-corrected chi connectivity index (χ1v) is 5.95. The van der Waals surface area contributed by atoms with Crippen molar-refractivity contribution in [3.63, 3.8) is 0 Å². The number of nitrogens with one attached hydrogen (secondary N) is 1. The third-order valence-electron chi connectivity index (χ3n) is 2.52. The Morgan fingerprint density at radius 2 is 2.18 bits per heavy atom. The van der Waals surface area contributed by atoms with E-state index in [1.54, 1.807) is 12.1 Å². The van der Waals surface area contributed by atoms with Crippen LogP contribution in [-0.4, -0.2) is 22.6 Å². The van der Waals surface area contributed by atoms with Crippen molar-refractivity contribution in [3.8, 4) is 0 Å². The van der Waals surface area contributed by atoms with Crippen LogP contribution in [0.25, 0.3) is 0 Å². The summed E-state index contributed by atoms with van der Waals surface area (Å²) >= 11 is 0. The van der Waals surface area contributed by atoms with E-state index in [9.17, 15) is 4.79 Å². The quantitative estimate of drug-likeness (QED) is 0.745. The summed E-state index contributed by atoms with van der Waals surface area (Å²) in [5.74, 6) is 0.200. The van der Waals surface area contributed by atoms with E-state index < -0.39 is 5.97 Å². The first kappa shape index (κ1) is 13.5. The number of hydrogen-bond acceptors (Lipinski definition) is 3. The van der Waals surface area contributed by atoms with E-state index in [1.807, 2.05) is 6.92 Å². The molecule has 1 aromatic heterocycles. The van der Waals surface area contributed by atoms with Gasteiger partial charge in [0.2, 0.25) is 0 Å². The van der Waals surface area contributed by atoms with Crippen molar-refractivity contribution >= 4 is 11.8 Å². The van der Waals surface area contributed by atoms with Gasteiger partial charge in [-0.15, -0.1) is 0 Å². The molecule has 1 rings (SSSR count). The van der Waals surface area contributed by atoms with Gasteiger partial charge in [0.15, 0.2) is 0 Å². The summed E-state index contributed by atoms with van der Waals surface area (Å²) in [6, 6.07) is 3.30. The minimum absolute atomic E-state index is 0.236. The lowest BCUT2D eigenvalue weighted by Crippen LogP contribution is -2.10. The number of aromatic nitrogens is 1. The van der Waals surface area contributed by atoms with Gasteiger partial charge in [0.05, 0.1) is 0 Å². The molecule has 0 bridgehead atoms. The van der Waals surface area contributed by atoms with Crippen molar-refractivity contribution in [2.24, 2.45) is 5.92 Å². The Hall–Kier alpha value is -1.58. The van der Waals surface area contributed by atoms with Gasteiger partial charge >= 0.3 is 5.97 Å². The van der Waals surface area contributed by atoms with Crippen LogP contribution in [0.15, 0.2) is 12.1 Å². The first-order valence-electron chi connectivity index (χ1n) is 5.95. The number of rotatable bonds is 6. The van der Waals surface area contributed by atoms with Crippen molar-refractivity contribution in [3.05, 3.63) is 23.4 Å². The van der Waals surface area contributed by atoms with Crippen LogP contribution in [0.3, 0.4) is 0 Å². The van der Waals surface area contributed by atoms with E-state index in [0.717, 1.165) is 25.1 Å². The van der Waals surface area contributed by atoms with Gasteiger partial charge in [0.25, 0.3) is 0 Å². The van der Waals surface area contributed by atoms with E-state index in [0.29, 0.717) is 11.7 Å². The smallest absolute Gasteiger partial charge is 0.339 e. The highest BCUT2D eigenvalue weighted by Gasteiger charge is 2.10. The Balaban J connectivity index is 2.62. The number of carboxylic acids is 1. The number of aromatic carboxylic acids is 1. The van der Waals surface area contributed by atoms with Crippen LogP contribution in [-0.2, 0) is 0 Å². The molecular formula is C13H20N2O2. The summed E-state index contributed by atoms with van der Waals surface area (Å²) < 4.78 is 0. The van der Waals surface area contributed by atoms with Gasteiger partial charge in [0, 0.05) is 12.2 Å². The fourth-order valence-electron chi connectivity index (χ4n) is 1.58. The Morgan fingerprint density at radius 3 is 2.76 bits per heavy atom. The molecule has 0 saturated heterocycles. The van der Waals surface area contributed by atoms with Gasteiger partial charge in [-0.25, -0.2) is 9.78 Å². The third-order valence-corrected chi connectivity index (χ3v) is 2.52. The molecule has 0 aliphatic carbocycles. The van der Waals surface area contributed by atoms with Crippen LogP contribution in [0, 0.1) is 12.8 Å². The van der Waals surface area contributed by atoms with Crippen molar-refractivity contribution in [2.45, 2.75) is 33.6 Å². The molecule has 0 radical (unpaired) electrons. The zero-order valence-corrected chi connectivity index (χ0v) is 10.7. The molecule has 1 aromatic rings. The molecule has 4 nitrogen and oxygen atoms in total. The summed E-state index contributed by atoms with van der Waals surface area (Å²) in [6.45, 7) is 6.96. The zero-order valence-electron chi connectivity index (χ0n) is 10.7. The van der Waals surface area contributed by atoms with E-state index >= 15 is 0 Å². The maximum Gasteiger partial charge on any atom is 0.339 e. The fourth-order valence-corrected chi connectivity index (χ4v) is 1.58. The monoisotopic (exact) mass is 236 g/mol. The standard InChI is InChI=1S/C13H20N2O2/c1-9(2)5-4-8-14-12-11(13(16)17)7-6-10(3)15-12/h6-7,9H,4-5,8H2,1-3H3,(H,14,15)(H,16,17). The predicted molar refractivity (Wildman–Crippen MR) is 68.5 cm³/mol. The van der Waals surface area contributed by atoms with E-state index in [4.69, 9.17) is 5.11 Å². The second-order valence-electron chi connectivity index (χ2n) is 4.62. The van der Waals surface area contributed by atoms with Crippen LogP contribution in [0.2, 0.25) is 0 Å². The Bertz CT molecular complexity index is 389. The second-order valence-corrected chi connectivity index (χ2v) is 4.62.